The van der Waals surface area contributed by atoms with Crippen molar-refractivity contribution in [2.45, 2.75) is 27.7 Å². The van der Waals surface area contributed by atoms with Crippen LogP contribution in [0.1, 0.15) is 54.0 Å². The lowest BCUT2D eigenvalue weighted by atomic mass is 9.95. The Hall–Kier alpha value is -4.70. The molecule has 0 saturated carbocycles. The summed E-state index contributed by atoms with van der Waals surface area (Å²) in [5, 5.41) is 7.10. The molecular weight excluding hydrogens is 538 g/mol. The lowest BCUT2D eigenvalue weighted by molar-refractivity contribution is -0.132. The van der Waals surface area contributed by atoms with Crippen LogP contribution < -0.4 is 25.0 Å². The quantitative estimate of drug-likeness (QED) is 0.165. The van der Waals surface area contributed by atoms with E-state index in [1.54, 1.807) is 45.0 Å². The van der Waals surface area contributed by atoms with E-state index in [4.69, 9.17) is 25.8 Å². The molecule has 2 N–H and O–H groups in total. The fourth-order valence-corrected chi connectivity index (χ4v) is 3.33. The van der Waals surface area contributed by atoms with Crippen molar-refractivity contribution in [2.75, 3.05) is 12.4 Å². The summed E-state index contributed by atoms with van der Waals surface area (Å²) in [6.07, 6.45) is 1.29. The molecule has 208 valence electrons. The highest BCUT2D eigenvalue weighted by Crippen LogP contribution is 2.29. The Kier molecular flexibility index (Phi) is 9.63. The number of amides is 2. The Morgan fingerprint density at radius 2 is 1.50 bits per heavy atom. The Labute approximate surface area is 236 Å². The van der Waals surface area contributed by atoms with Crippen molar-refractivity contribution < 1.29 is 33.4 Å². The average Bonchev–Trinajstić information content (AvgIpc) is 2.89. The largest absolute Gasteiger partial charge is 0.493 e. The third kappa shape index (κ3) is 8.15. The van der Waals surface area contributed by atoms with Gasteiger partial charge in [0.15, 0.2) is 11.5 Å². The zero-order chi connectivity index (χ0) is 29.4. The smallest absolute Gasteiger partial charge is 0.343 e. The fourth-order valence-electron chi connectivity index (χ4n) is 3.15. The second kappa shape index (κ2) is 12.9. The van der Waals surface area contributed by atoms with Gasteiger partial charge in [-0.3, -0.25) is 14.4 Å². The summed E-state index contributed by atoms with van der Waals surface area (Å²) in [6, 6.07) is 15.1. The second-order valence-corrected chi connectivity index (χ2v) is 9.95. The SMILES string of the molecule is COc1cc(C(=O)Oc2ccc(Cl)cc2/C=N/NC(=O)c2ccc(NC(=O)C(C)(C)C)cc2)ccc1OC(C)=O. The van der Waals surface area contributed by atoms with Crippen LogP contribution in [-0.2, 0) is 9.59 Å². The summed E-state index contributed by atoms with van der Waals surface area (Å²) < 4.78 is 15.8. The molecule has 10 nitrogen and oxygen atoms in total. The number of rotatable bonds is 8. The Balaban J connectivity index is 1.69. The number of nitrogens with zero attached hydrogens (tertiary/aromatic N) is 1. The number of benzene rings is 3. The number of hydrogen-bond donors (Lipinski definition) is 2. The maximum atomic E-state index is 12.8. The van der Waals surface area contributed by atoms with Crippen LogP contribution >= 0.6 is 11.6 Å². The average molecular weight is 566 g/mol. The van der Waals surface area contributed by atoms with Crippen LogP contribution in [0.4, 0.5) is 5.69 Å². The van der Waals surface area contributed by atoms with E-state index >= 15 is 0 Å². The Bertz CT molecular complexity index is 1460. The van der Waals surface area contributed by atoms with Gasteiger partial charge < -0.3 is 19.5 Å². The van der Waals surface area contributed by atoms with E-state index in [0.717, 1.165) is 0 Å². The van der Waals surface area contributed by atoms with E-state index in [1.807, 2.05) is 0 Å². The molecule has 0 radical (unpaired) electrons. The first-order valence-electron chi connectivity index (χ1n) is 12.0. The van der Waals surface area contributed by atoms with E-state index in [-0.39, 0.29) is 28.7 Å². The highest BCUT2D eigenvalue weighted by atomic mass is 35.5. The standard InChI is InChI=1S/C29H28ClN3O7/c1-17(34)39-24-12-8-19(15-25(24)38-5)27(36)40-23-13-9-21(30)14-20(23)16-31-33-26(35)18-6-10-22(11-7-18)32-28(37)29(2,3)4/h6-16H,1-5H3,(H,32,37)(H,33,35)/b31-16+. The molecule has 0 unspecified atom stereocenters. The van der Waals surface area contributed by atoms with Gasteiger partial charge in [0.25, 0.3) is 5.91 Å². The second-order valence-electron chi connectivity index (χ2n) is 9.51. The topological polar surface area (TPSA) is 132 Å². The van der Waals surface area contributed by atoms with Crippen LogP contribution in [0.2, 0.25) is 5.02 Å². The van der Waals surface area contributed by atoms with Crippen molar-refractivity contribution in [1.82, 2.24) is 5.43 Å². The lowest BCUT2D eigenvalue weighted by Crippen LogP contribution is -2.27. The highest BCUT2D eigenvalue weighted by molar-refractivity contribution is 6.31. The van der Waals surface area contributed by atoms with Crippen molar-refractivity contribution in [3.05, 3.63) is 82.4 Å². The van der Waals surface area contributed by atoms with Crippen LogP contribution in [0.3, 0.4) is 0 Å². The molecule has 0 aliphatic carbocycles. The number of ether oxygens (including phenoxy) is 3. The number of carbonyl (C=O) groups is 4. The number of anilines is 1. The van der Waals surface area contributed by atoms with Crippen molar-refractivity contribution >= 4 is 47.3 Å². The summed E-state index contributed by atoms with van der Waals surface area (Å²) >= 11 is 6.11. The minimum atomic E-state index is -0.715. The minimum Gasteiger partial charge on any atom is -0.493 e. The molecule has 0 saturated heterocycles. The van der Waals surface area contributed by atoms with Gasteiger partial charge in [-0.15, -0.1) is 0 Å². The van der Waals surface area contributed by atoms with Crippen molar-refractivity contribution in [1.29, 1.82) is 0 Å². The number of hydrazone groups is 1. The van der Waals surface area contributed by atoms with Crippen LogP contribution in [0.15, 0.2) is 65.8 Å². The molecule has 0 aromatic heterocycles. The maximum Gasteiger partial charge on any atom is 0.343 e. The Morgan fingerprint density at radius 1 is 0.850 bits per heavy atom. The first-order chi connectivity index (χ1) is 18.9. The molecule has 0 aliphatic rings. The number of nitrogens with one attached hydrogen (secondary N) is 2. The van der Waals surface area contributed by atoms with Gasteiger partial charge in [0.05, 0.1) is 18.9 Å². The molecule has 0 fully saturated rings. The van der Waals surface area contributed by atoms with Crippen LogP contribution in [-0.4, -0.2) is 37.1 Å². The number of hydrogen-bond acceptors (Lipinski definition) is 8. The molecule has 40 heavy (non-hydrogen) atoms. The molecule has 2 amide bonds. The number of carbonyl (C=O) groups excluding carboxylic acids is 4. The molecule has 0 heterocycles. The maximum absolute atomic E-state index is 12.8. The molecule has 0 aliphatic heterocycles. The monoisotopic (exact) mass is 565 g/mol. The lowest BCUT2D eigenvalue weighted by Gasteiger charge is -2.17. The predicted octanol–water partition coefficient (Wildman–Crippen LogP) is 5.24. The van der Waals surface area contributed by atoms with Gasteiger partial charge in [0.2, 0.25) is 5.91 Å². The molecule has 3 aromatic carbocycles. The molecule has 0 atom stereocenters. The summed E-state index contributed by atoms with van der Waals surface area (Å²) in [7, 11) is 1.37. The van der Waals surface area contributed by atoms with Gasteiger partial charge in [-0.25, -0.2) is 10.2 Å². The van der Waals surface area contributed by atoms with Crippen molar-refractivity contribution in [2.24, 2.45) is 10.5 Å². The normalized spacial score (nSPS) is 11.1. The van der Waals surface area contributed by atoms with Crippen molar-refractivity contribution in [3.63, 3.8) is 0 Å². The van der Waals surface area contributed by atoms with Crippen LogP contribution in [0.25, 0.3) is 0 Å². The molecule has 3 rings (SSSR count). The highest BCUT2D eigenvalue weighted by Gasteiger charge is 2.21. The van der Waals surface area contributed by atoms with E-state index in [9.17, 15) is 19.2 Å². The first-order valence-corrected chi connectivity index (χ1v) is 12.4. The molecule has 3 aromatic rings. The van der Waals surface area contributed by atoms with Gasteiger partial charge in [-0.2, -0.15) is 5.10 Å². The third-order valence-electron chi connectivity index (χ3n) is 5.28. The van der Waals surface area contributed by atoms with Gasteiger partial charge in [-0.05, 0) is 60.7 Å². The molecule has 11 heteroatoms. The number of methoxy groups -OCH3 is 1. The van der Waals surface area contributed by atoms with Crippen molar-refractivity contribution in [3.8, 4) is 17.2 Å². The fraction of sp³-hybridized carbons (Fsp3) is 0.207. The summed E-state index contributed by atoms with van der Waals surface area (Å²) in [6.45, 7) is 6.65. The summed E-state index contributed by atoms with van der Waals surface area (Å²) in [4.78, 5) is 48.7. The van der Waals surface area contributed by atoms with Gasteiger partial charge >= 0.3 is 11.9 Å². The molecular formula is C29H28ClN3O7. The van der Waals surface area contributed by atoms with Gasteiger partial charge in [0, 0.05) is 34.2 Å². The number of halogens is 1. The third-order valence-corrected chi connectivity index (χ3v) is 5.52. The zero-order valence-corrected chi connectivity index (χ0v) is 23.3. The summed E-state index contributed by atoms with van der Waals surface area (Å²) in [5.41, 5.74) is 3.19. The van der Waals surface area contributed by atoms with Gasteiger partial charge in [-0.1, -0.05) is 32.4 Å². The van der Waals surface area contributed by atoms with E-state index in [0.29, 0.717) is 21.8 Å². The zero-order valence-electron chi connectivity index (χ0n) is 22.5. The molecule has 0 bridgehead atoms. The van der Waals surface area contributed by atoms with E-state index in [2.05, 4.69) is 15.8 Å². The summed E-state index contributed by atoms with van der Waals surface area (Å²) in [5.74, 6) is -1.43. The molecule has 0 spiro atoms. The number of esters is 2. The van der Waals surface area contributed by atoms with Gasteiger partial charge in [0.1, 0.15) is 5.75 Å². The van der Waals surface area contributed by atoms with E-state index < -0.39 is 23.3 Å². The Morgan fingerprint density at radius 3 is 2.12 bits per heavy atom. The predicted molar refractivity (Wildman–Crippen MR) is 150 cm³/mol. The first kappa shape index (κ1) is 29.9. The minimum absolute atomic E-state index is 0.134. The van der Waals surface area contributed by atoms with Crippen LogP contribution in [0, 0.1) is 5.41 Å². The van der Waals surface area contributed by atoms with Crippen LogP contribution in [0.5, 0.6) is 17.2 Å². The van der Waals surface area contributed by atoms with E-state index in [1.165, 1.54) is 56.6 Å².